The lowest BCUT2D eigenvalue weighted by Crippen LogP contribution is -1.98. The monoisotopic (exact) mass is 292 g/mol. The molecule has 114 valence electrons. The highest BCUT2D eigenvalue weighted by atomic mass is 16.1. The molecule has 0 aliphatic heterocycles. The first kappa shape index (κ1) is 16.2. The number of allylic oxidation sites excluding steroid dienone is 1. The summed E-state index contributed by atoms with van der Waals surface area (Å²) in [5.41, 5.74) is 6.93. The average Bonchev–Trinajstić information content (AvgIpc) is 2.48. The van der Waals surface area contributed by atoms with Crippen LogP contribution >= 0.6 is 0 Å². The Balaban J connectivity index is 2.12. The molecule has 0 unspecified atom stereocenters. The van der Waals surface area contributed by atoms with Crippen molar-refractivity contribution in [2.75, 3.05) is 0 Å². The van der Waals surface area contributed by atoms with Crippen LogP contribution in [0.1, 0.15) is 59.3 Å². The van der Waals surface area contributed by atoms with Gasteiger partial charge in [0, 0.05) is 12.0 Å². The van der Waals surface area contributed by atoms with E-state index in [1.54, 1.807) is 0 Å². The standard InChI is InChI=1S/C21H24O/c1-5-6-21(22)19-10-7-17(8-11-19)14-18-9-12-20(15(2)3)16(4)13-18/h7-13H,2,5-6,14H2,1,3-4H3. The van der Waals surface area contributed by atoms with Crippen LogP contribution in [0.4, 0.5) is 0 Å². The zero-order valence-electron chi connectivity index (χ0n) is 13.8. The summed E-state index contributed by atoms with van der Waals surface area (Å²) >= 11 is 0. The smallest absolute Gasteiger partial charge is 0.162 e. The Kier molecular flexibility index (Phi) is 5.32. The quantitative estimate of drug-likeness (QED) is 0.633. The number of carbonyl (C=O) groups is 1. The number of hydrogen-bond donors (Lipinski definition) is 0. The van der Waals surface area contributed by atoms with Gasteiger partial charge < -0.3 is 0 Å². The third-order valence-corrected chi connectivity index (χ3v) is 3.91. The Morgan fingerprint density at radius 3 is 2.23 bits per heavy atom. The number of benzene rings is 2. The molecular formula is C21H24O. The zero-order valence-corrected chi connectivity index (χ0v) is 13.8. The Morgan fingerprint density at radius 2 is 1.68 bits per heavy atom. The first-order valence-corrected chi connectivity index (χ1v) is 7.88. The number of ketones is 1. The summed E-state index contributed by atoms with van der Waals surface area (Å²) in [6.07, 6.45) is 2.41. The largest absolute Gasteiger partial charge is 0.294 e. The maximum Gasteiger partial charge on any atom is 0.162 e. The van der Waals surface area contributed by atoms with Gasteiger partial charge in [-0.25, -0.2) is 0 Å². The predicted molar refractivity (Wildman–Crippen MR) is 94.4 cm³/mol. The molecule has 0 aliphatic carbocycles. The molecule has 1 heteroatoms. The SMILES string of the molecule is C=C(C)c1ccc(Cc2ccc(C(=O)CCC)cc2)cc1C. The van der Waals surface area contributed by atoms with E-state index in [-0.39, 0.29) is 5.78 Å². The van der Waals surface area contributed by atoms with E-state index in [2.05, 4.69) is 43.8 Å². The van der Waals surface area contributed by atoms with E-state index < -0.39 is 0 Å². The maximum atomic E-state index is 11.9. The van der Waals surface area contributed by atoms with E-state index in [4.69, 9.17) is 0 Å². The van der Waals surface area contributed by atoms with Crippen molar-refractivity contribution in [3.8, 4) is 0 Å². The van der Waals surface area contributed by atoms with Crippen molar-refractivity contribution in [3.63, 3.8) is 0 Å². The van der Waals surface area contributed by atoms with E-state index in [1.165, 1.54) is 22.3 Å². The van der Waals surface area contributed by atoms with Crippen molar-refractivity contribution in [1.29, 1.82) is 0 Å². The number of Topliss-reactive ketones (excluding diaryl/α,β-unsaturated/α-hetero) is 1. The van der Waals surface area contributed by atoms with Gasteiger partial charge in [-0.1, -0.05) is 61.5 Å². The highest BCUT2D eigenvalue weighted by molar-refractivity contribution is 5.96. The van der Waals surface area contributed by atoms with Gasteiger partial charge in [-0.15, -0.1) is 0 Å². The molecule has 0 spiro atoms. The third-order valence-electron chi connectivity index (χ3n) is 3.91. The second kappa shape index (κ2) is 7.22. The molecular weight excluding hydrogens is 268 g/mol. The highest BCUT2D eigenvalue weighted by Gasteiger charge is 2.05. The molecule has 0 fully saturated rings. The second-order valence-electron chi connectivity index (χ2n) is 5.98. The summed E-state index contributed by atoms with van der Waals surface area (Å²) in [6.45, 7) is 10.2. The lowest BCUT2D eigenvalue weighted by Gasteiger charge is -2.09. The molecule has 0 atom stereocenters. The first-order chi connectivity index (χ1) is 10.5. The Bertz CT molecular complexity index is 678. The van der Waals surface area contributed by atoms with Crippen LogP contribution in [0.5, 0.6) is 0 Å². The van der Waals surface area contributed by atoms with E-state index in [0.717, 1.165) is 24.0 Å². The molecule has 0 N–H and O–H groups in total. The molecule has 0 saturated heterocycles. The fourth-order valence-electron chi connectivity index (χ4n) is 2.73. The molecule has 2 aromatic carbocycles. The highest BCUT2D eigenvalue weighted by Crippen LogP contribution is 2.20. The topological polar surface area (TPSA) is 17.1 Å². The minimum absolute atomic E-state index is 0.232. The Hall–Kier alpha value is -2.15. The number of hydrogen-bond acceptors (Lipinski definition) is 1. The summed E-state index contributed by atoms with van der Waals surface area (Å²) in [5.74, 6) is 0.232. The Labute approximate surface area is 133 Å². The van der Waals surface area contributed by atoms with Gasteiger partial charge in [0.2, 0.25) is 0 Å². The molecule has 0 aromatic heterocycles. The van der Waals surface area contributed by atoms with Crippen molar-refractivity contribution >= 4 is 11.4 Å². The summed E-state index contributed by atoms with van der Waals surface area (Å²) in [7, 11) is 0. The molecule has 0 heterocycles. The van der Waals surface area contributed by atoms with Gasteiger partial charge in [-0.05, 0) is 48.9 Å². The van der Waals surface area contributed by atoms with Crippen LogP contribution in [-0.2, 0) is 6.42 Å². The van der Waals surface area contributed by atoms with Gasteiger partial charge in [-0.3, -0.25) is 4.79 Å². The van der Waals surface area contributed by atoms with Crippen molar-refractivity contribution in [1.82, 2.24) is 0 Å². The van der Waals surface area contributed by atoms with Crippen molar-refractivity contribution in [3.05, 3.63) is 76.9 Å². The van der Waals surface area contributed by atoms with Gasteiger partial charge in [0.25, 0.3) is 0 Å². The van der Waals surface area contributed by atoms with Crippen LogP contribution < -0.4 is 0 Å². The van der Waals surface area contributed by atoms with Crippen molar-refractivity contribution < 1.29 is 4.79 Å². The summed E-state index contributed by atoms with van der Waals surface area (Å²) in [5, 5.41) is 0. The van der Waals surface area contributed by atoms with Crippen LogP contribution in [0.15, 0.2) is 49.0 Å². The number of rotatable bonds is 6. The second-order valence-corrected chi connectivity index (χ2v) is 5.98. The van der Waals surface area contributed by atoms with Gasteiger partial charge in [0.15, 0.2) is 5.78 Å². The molecule has 0 radical (unpaired) electrons. The number of carbonyl (C=O) groups excluding carboxylic acids is 1. The van der Waals surface area contributed by atoms with E-state index in [1.807, 2.05) is 26.0 Å². The van der Waals surface area contributed by atoms with E-state index in [9.17, 15) is 4.79 Å². The fraction of sp³-hybridized carbons (Fsp3) is 0.286. The molecule has 2 rings (SSSR count). The van der Waals surface area contributed by atoms with Crippen molar-refractivity contribution in [2.45, 2.75) is 40.0 Å². The molecule has 0 amide bonds. The summed E-state index contributed by atoms with van der Waals surface area (Å²) in [4.78, 5) is 11.9. The van der Waals surface area contributed by atoms with Crippen LogP contribution in [0.2, 0.25) is 0 Å². The summed E-state index contributed by atoms with van der Waals surface area (Å²) < 4.78 is 0. The maximum absolute atomic E-state index is 11.9. The normalized spacial score (nSPS) is 10.5. The lowest BCUT2D eigenvalue weighted by atomic mass is 9.96. The Morgan fingerprint density at radius 1 is 1.05 bits per heavy atom. The van der Waals surface area contributed by atoms with Crippen LogP contribution in [-0.4, -0.2) is 5.78 Å². The van der Waals surface area contributed by atoms with Crippen LogP contribution in [0, 0.1) is 6.92 Å². The van der Waals surface area contributed by atoms with Gasteiger partial charge in [-0.2, -0.15) is 0 Å². The van der Waals surface area contributed by atoms with E-state index >= 15 is 0 Å². The lowest BCUT2D eigenvalue weighted by molar-refractivity contribution is 0.0982. The molecule has 0 saturated carbocycles. The van der Waals surface area contributed by atoms with Crippen LogP contribution in [0.3, 0.4) is 0 Å². The zero-order chi connectivity index (χ0) is 16.1. The van der Waals surface area contributed by atoms with Crippen LogP contribution in [0.25, 0.3) is 5.57 Å². The third kappa shape index (κ3) is 3.94. The fourth-order valence-corrected chi connectivity index (χ4v) is 2.73. The van der Waals surface area contributed by atoms with Crippen molar-refractivity contribution in [2.24, 2.45) is 0 Å². The van der Waals surface area contributed by atoms with Gasteiger partial charge in [0.05, 0.1) is 0 Å². The van der Waals surface area contributed by atoms with Gasteiger partial charge in [0.1, 0.15) is 0 Å². The van der Waals surface area contributed by atoms with E-state index in [0.29, 0.717) is 6.42 Å². The average molecular weight is 292 g/mol. The molecule has 0 bridgehead atoms. The molecule has 22 heavy (non-hydrogen) atoms. The minimum Gasteiger partial charge on any atom is -0.294 e. The molecule has 2 aromatic rings. The minimum atomic E-state index is 0.232. The molecule has 1 nitrogen and oxygen atoms in total. The first-order valence-electron chi connectivity index (χ1n) is 7.88. The number of aryl methyl sites for hydroxylation is 1. The molecule has 0 aliphatic rings. The predicted octanol–water partition coefficient (Wildman–Crippen LogP) is 5.60. The summed E-state index contributed by atoms with van der Waals surface area (Å²) in [6, 6.07) is 14.5. The van der Waals surface area contributed by atoms with Gasteiger partial charge >= 0.3 is 0 Å².